The van der Waals surface area contributed by atoms with Crippen LogP contribution in [0.4, 0.5) is 5.69 Å². The highest BCUT2D eigenvalue weighted by molar-refractivity contribution is 6.32. The van der Waals surface area contributed by atoms with Crippen molar-refractivity contribution >= 4 is 28.9 Å². The van der Waals surface area contributed by atoms with Gasteiger partial charge in [0, 0.05) is 29.3 Å². The lowest BCUT2D eigenvalue weighted by Gasteiger charge is -2.21. The normalized spacial score (nSPS) is 12.2. The molecule has 20 heavy (non-hydrogen) atoms. The second kappa shape index (κ2) is 6.49. The zero-order valence-electron chi connectivity index (χ0n) is 11.5. The summed E-state index contributed by atoms with van der Waals surface area (Å²) >= 11 is 12.4. The lowest BCUT2D eigenvalue weighted by Crippen LogP contribution is -2.16. The fourth-order valence-corrected chi connectivity index (χ4v) is 2.59. The van der Waals surface area contributed by atoms with Crippen LogP contribution in [0, 0.1) is 0 Å². The van der Waals surface area contributed by atoms with E-state index in [2.05, 4.69) is 4.90 Å². The predicted molar refractivity (Wildman–Crippen MR) is 85.6 cm³/mol. The van der Waals surface area contributed by atoms with Gasteiger partial charge in [-0.15, -0.1) is 0 Å². The summed E-state index contributed by atoms with van der Waals surface area (Å²) in [6.07, 6.45) is -0.564. The van der Waals surface area contributed by atoms with Crippen molar-refractivity contribution in [2.45, 2.75) is 19.6 Å². The summed E-state index contributed by atoms with van der Waals surface area (Å²) in [5, 5.41) is 10.9. The standard InChI is InChI=1S/C16H17Cl2NO/c1-11(20)14-8-7-13(9-16(14)18)19(2)10-12-5-3-4-6-15(12)17/h3-9,11,20H,10H2,1-2H3. The first-order chi connectivity index (χ1) is 9.49. The zero-order chi connectivity index (χ0) is 14.7. The molecule has 0 spiro atoms. The van der Waals surface area contributed by atoms with Gasteiger partial charge in [-0.05, 0) is 36.2 Å². The summed E-state index contributed by atoms with van der Waals surface area (Å²) in [7, 11) is 1.98. The Morgan fingerprint density at radius 2 is 1.80 bits per heavy atom. The van der Waals surface area contributed by atoms with E-state index in [9.17, 15) is 5.11 Å². The fourth-order valence-electron chi connectivity index (χ4n) is 2.07. The second-order valence-corrected chi connectivity index (χ2v) is 5.64. The third kappa shape index (κ3) is 3.45. The highest BCUT2D eigenvalue weighted by atomic mass is 35.5. The minimum absolute atomic E-state index is 0.564. The topological polar surface area (TPSA) is 23.5 Å². The van der Waals surface area contributed by atoms with Crippen molar-refractivity contribution in [2.24, 2.45) is 0 Å². The Balaban J connectivity index is 2.20. The van der Waals surface area contributed by atoms with E-state index in [0.717, 1.165) is 21.8 Å². The first-order valence-corrected chi connectivity index (χ1v) is 7.16. The van der Waals surface area contributed by atoms with Crippen LogP contribution in [0.1, 0.15) is 24.2 Å². The van der Waals surface area contributed by atoms with Crippen LogP contribution in [-0.2, 0) is 6.54 Å². The number of benzene rings is 2. The van der Waals surface area contributed by atoms with Crippen molar-refractivity contribution in [1.82, 2.24) is 0 Å². The Bertz CT molecular complexity index is 599. The van der Waals surface area contributed by atoms with Gasteiger partial charge in [0.05, 0.1) is 6.10 Å². The molecule has 0 saturated carbocycles. The Hall–Kier alpha value is -1.22. The molecule has 0 aliphatic heterocycles. The Morgan fingerprint density at radius 3 is 2.40 bits per heavy atom. The van der Waals surface area contributed by atoms with Crippen LogP contribution in [0.15, 0.2) is 42.5 Å². The third-order valence-electron chi connectivity index (χ3n) is 3.24. The number of anilines is 1. The van der Waals surface area contributed by atoms with Crippen LogP contribution in [0.25, 0.3) is 0 Å². The van der Waals surface area contributed by atoms with Gasteiger partial charge in [0.15, 0.2) is 0 Å². The molecule has 2 aromatic rings. The average Bonchev–Trinajstić information content (AvgIpc) is 2.40. The first-order valence-electron chi connectivity index (χ1n) is 6.41. The lowest BCUT2D eigenvalue weighted by atomic mass is 10.1. The molecule has 1 N–H and O–H groups in total. The number of halogens is 2. The second-order valence-electron chi connectivity index (χ2n) is 4.83. The summed E-state index contributed by atoms with van der Waals surface area (Å²) in [5.74, 6) is 0. The molecule has 1 atom stereocenters. The molecule has 0 amide bonds. The van der Waals surface area contributed by atoms with Gasteiger partial charge in [0.2, 0.25) is 0 Å². The number of nitrogens with zero attached hydrogens (tertiary/aromatic N) is 1. The summed E-state index contributed by atoms with van der Waals surface area (Å²) in [6, 6.07) is 13.4. The molecule has 0 aliphatic carbocycles. The van der Waals surface area contributed by atoms with E-state index < -0.39 is 6.10 Å². The lowest BCUT2D eigenvalue weighted by molar-refractivity contribution is 0.199. The predicted octanol–water partition coefficient (Wildman–Crippen LogP) is 4.68. The molecule has 2 rings (SSSR count). The summed E-state index contributed by atoms with van der Waals surface area (Å²) in [4.78, 5) is 2.07. The Labute approximate surface area is 129 Å². The average molecular weight is 310 g/mol. The molecule has 0 fully saturated rings. The van der Waals surface area contributed by atoms with Crippen LogP contribution in [0.2, 0.25) is 10.0 Å². The van der Waals surface area contributed by atoms with Crippen LogP contribution in [-0.4, -0.2) is 12.2 Å². The smallest absolute Gasteiger partial charge is 0.0776 e. The number of rotatable bonds is 4. The minimum atomic E-state index is -0.564. The van der Waals surface area contributed by atoms with Gasteiger partial charge >= 0.3 is 0 Å². The number of hydrogen-bond acceptors (Lipinski definition) is 2. The highest BCUT2D eigenvalue weighted by Gasteiger charge is 2.10. The minimum Gasteiger partial charge on any atom is -0.389 e. The maximum Gasteiger partial charge on any atom is 0.0776 e. The van der Waals surface area contributed by atoms with E-state index in [1.54, 1.807) is 6.92 Å². The maximum atomic E-state index is 9.59. The number of hydrogen-bond donors (Lipinski definition) is 1. The molecule has 2 nitrogen and oxygen atoms in total. The van der Waals surface area contributed by atoms with Crippen LogP contribution in [0.3, 0.4) is 0 Å². The van der Waals surface area contributed by atoms with Gasteiger partial charge in [-0.3, -0.25) is 0 Å². The van der Waals surface area contributed by atoms with Crippen molar-refractivity contribution in [3.8, 4) is 0 Å². The van der Waals surface area contributed by atoms with Gasteiger partial charge in [-0.25, -0.2) is 0 Å². The summed E-state index contributed by atoms with van der Waals surface area (Å²) < 4.78 is 0. The van der Waals surface area contributed by atoms with Crippen LogP contribution >= 0.6 is 23.2 Å². The van der Waals surface area contributed by atoms with Gasteiger partial charge in [0.25, 0.3) is 0 Å². The van der Waals surface area contributed by atoms with Crippen LogP contribution < -0.4 is 4.90 Å². The molecular formula is C16H17Cl2NO. The molecule has 4 heteroatoms. The Morgan fingerprint density at radius 1 is 1.10 bits per heavy atom. The molecule has 0 bridgehead atoms. The van der Waals surface area contributed by atoms with E-state index >= 15 is 0 Å². The van der Waals surface area contributed by atoms with Crippen molar-refractivity contribution in [1.29, 1.82) is 0 Å². The molecule has 2 aromatic carbocycles. The highest BCUT2D eigenvalue weighted by Crippen LogP contribution is 2.28. The molecule has 0 radical (unpaired) electrons. The summed E-state index contributed by atoms with van der Waals surface area (Å²) in [6.45, 7) is 2.40. The quantitative estimate of drug-likeness (QED) is 0.886. The van der Waals surface area contributed by atoms with Crippen molar-refractivity contribution < 1.29 is 5.11 Å². The van der Waals surface area contributed by atoms with Gasteiger partial charge in [-0.2, -0.15) is 0 Å². The monoisotopic (exact) mass is 309 g/mol. The third-order valence-corrected chi connectivity index (χ3v) is 3.94. The van der Waals surface area contributed by atoms with Crippen molar-refractivity contribution in [2.75, 3.05) is 11.9 Å². The SMILES string of the molecule is CC(O)c1ccc(N(C)Cc2ccccc2Cl)cc1Cl. The summed E-state index contributed by atoms with van der Waals surface area (Å²) in [5.41, 5.74) is 2.79. The zero-order valence-corrected chi connectivity index (χ0v) is 13.0. The molecule has 0 aliphatic rings. The fraction of sp³-hybridized carbons (Fsp3) is 0.250. The molecule has 1 unspecified atom stereocenters. The molecule has 0 saturated heterocycles. The molecule has 106 valence electrons. The number of aliphatic hydroxyl groups is 1. The van der Waals surface area contributed by atoms with E-state index in [4.69, 9.17) is 23.2 Å². The van der Waals surface area contributed by atoms with Gasteiger partial charge in [-0.1, -0.05) is 47.5 Å². The van der Waals surface area contributed by atoms with Gasteiger partial charge < -0.3 is 10.0 Å². The first kappa shape index (κ1) is 15.2. The van der Waals surface area contributed by atoms with Gasteiger partial charge in [0.1, 0.15) is 0 Å². The molecule has 0 heterocycles. The maximum absolute atomic E-state index is 9.59. The van der Waals surface area contributed by atoms with Crippen LogP contribution in [0.5, 0.6) is 0 Å². The number of aliphatic hydroxyl groups excluding tert-OH is 1. The van der Waals surface area contributed by atoms with E-state index in [1.807, 2.05) is 49.5 Å². The van der Waals surface area contributed by atoms with E-state index in [1.165, 1.54) is 0 Å². The van der Waals surface area contributed by atoms with Crippen molar-refractivity contribution in [3.05, 3.63) is 63.6 Å². The van der Waals surface area contributed by atoms with E-state index in [0.29, 0.717) is 11.6 Å². The molecular weight excluding hydrogens is 293 g/mol. The van der Waals surface area contributed by atoms with Crippen molar-refractivity contribution in [3.63, 3.8) is 0 Å². The van der Waals surface area contributed by atoms with E-state index in [-0.39, 0.29) is 0 Å². The Kier molecular flexibility index (Phi) is 4.92. The largest absolute Gasteiger partial charge is 0.389 e. The molecule has 0 aromatic heterocycles.